The van der Waals surface area contributed by atoms with Crippen LogP contribution in [0.3, 0.4) is 0 Å². The summed E-state index contributed by atoms with van der Waals surface area (Å²) in [6.45, 7) is 0.259. The first-order chi connectivity index (χ1) is 12.4. The number of hydrogen-bond acceptors (Lipinski definition) is 5. The number of nitrogens with one attached hydrogen (secondary N) is 2. The van der Waals surface area contributed by atoms with Crippen LogP contribution in [0.5, 0.6) is 0 Å². The van der Waals surface area contributed by atoms with Gasteiger partial charge >= 0.3 is 0 Å². The normalized spacial score (nSPS) is 17.8. The molecule has 0 spiro atoms. The van der Waals surface area contributed by atoms with Crippen molar-refractivity contribution in [3.63, 3.8) is 0 Å². The molecule has 0 radical (unpaired) electrons. The van der Waals surface area contributed by atoms with E-state index in [1.54, 1.807) is 29.6 Å². The van der Waals surface area contributed by atoms with Gasteiger partial charge in [-0.15, -0.1) is 11.3 Å². The van der Waals surface area contributed by atoms with E-state index < -0.39 is 27.9 Å². The van der Waals surface area contributed by atoms with Crippen molar-refractivity contribution in [3.05, 3.63) is 51.1 Å². The minimum atomic E-state index is -3.79. The van der Waals surface area contributed by atoms with Crippen molar-refractivity contribution in [2.45, 2.75) is 23.8 Å². The molecule has 2 N–H and O–H groups in total. The third-order valence-corrected chi connectivity index (χ3v) is 7.29. The van der Waals surface area contributed by atoms with Crippen LogP contribution in [0.15, 0.2) is 51.1 Å². The Morgan fingerprint density at radius 1 is 1.15 bits per heavy atom. The molecule has 3 rings (SSSR count). The summed E-state index contributed by atoms with van der Waals surface area (Å²) >= 11 is 4.51. The largest absolute Gasteiger partial charge is 0.279 e. The molecule has 1 atom stereocenters. The third kappa shape index (κ3) is 3.98. The number of sulfonamides is 1. The van der Waals surface area contributed by atoms with E-state index in [-0.39, 0.29) is 11.4 Å². The average molecular weight is 458 g/mol. The van der Waals surface area contributed by atoms with Crippen molar-refractivity contribution in [2.75, 3.05) is 6.54 Å². The lowest BCUT2D eigenvalue weighted by molar-refractivity contribution is -0.125. The second-order valence-corrected chi connectivity index (χ2v) is 9.40. The van der Waals surface area contributed by atoms with Crippen molar-refractivity contribution in [2.24, 2.45) is 0 Å². The van der Waals surface area contributed by atoms with E-state index in [0.717, 1.165) is 4.47 Å². The van der Waals surface area contributed by atoms with Gasteiger partial charge in [0.2, 0.25) is 10.0 Å². The fourth-order valence-corrected chi connectivity index (χ4v) is 5.24. The second kappa shape index (κ2) is 7.87. The maximum atomic E-state index is 12.8. The minimum Gasteiger partial charge on any atom is -0.271 e. The van der Waals surface area contributed by atoms with E-state index in [1.165, 1.54) is 27.8 Å². The molecule has 0 bridgehead atoms. The lowest BCUT2D eigenvalue weighted by Crippen LogP contribution is -2.51. The molecule has 1 aromatic carbocycles. The van der Waals surface area contributed by atoms with Crippen molar-refractivity contribution in [3.8, 4) is 0 Å². The molecule has 2 heterocycles. The van der Waals surface area contributed by atoms with Crippen LogP contribution in [0.2, 0.25) is 0 Å². The maximum Gasteiger partial charge on any atom is 0.279 e. The number of halogens is 1. The standard InChI is InChI=1S/C16H16BrN3O4S2/c17-11-5-7-12(8-6-11)26(23,24)20-9-1-3-13(20)15(21)18-19-16(22)14-4-2-10-25-14/h2,4-8,10,13H,1,3,9H2,(H,18,21)(H,19,22). The van der Waals surface area contributed by atoms with Gasteiger partial charge in [-0.05, 0) is 48.6 Å². The van der Waals surface area contributed by atoms with Gasteiger partial charge < -0.3 is 0 Å². The SMILES string of the molecule is O=C(NNC(=O)C1CCCN1S(=O)(=O)c1ccc(Br)cc1)c1cccs1. The van der Waals surface area contributed by atoms with E-state index in [9.17, 15) is 18.0 Å². The van der Waals surface area contributed by atoms with Gasteiger partial charge in [0, 0.05) is 11.0 Å². The summed E-state index contributed by atoms with van der Waals surface area (Å²) in [5.74, 6) is -0.984. The highest BCUT2D eigenvalue weighted by atomic mass is 79.9. The van der Waals surface area contributed by atoms with Crippen LogP contribution in [-0.4, -0.2) is 37.1 Å². The molecule has 138 valence electrons. The maximum absolute atomic E-state index is 12.8. The number of hydrazine groups is 1. The van der Waals surface area contributed by atoms with Crippen LogP contribution in [0.25, 0.3) is 0 Å². The van der Waals surface area contributed by atoms with E-state index in [0.29, 0.717) is 17.7 Å². The van der Waals surface area contributed by atoms with Crippen LogP contribution in [0.1, 0.15) is 22.5 Å². The molecule has 0 aliphatic carbocycles. The highest BCUT2D eigenvalue weighted by Crippen LogP contribution is 2.27. The Hall–Kier alpha value is -1.75. The zero-order valence-corrected chi connectivity index (χ0v) is 16.7. The van der Waals surface area contributed by atoms with Gasteiger partial charge in [0.1, 0.15) is 6.04 Å². The molecular weight excluding hydrogens is 442 g/mol. The first-order valence-electron chi connectivity index (χ1n) is 7.81. The Labute approximate surface area is 163 Å². The number of nitrogens with zero attached hydrogens (tertiary/aromatic N) is 1. The minimum absolute atomic E-state index is 0.128. The first kappa shape index (κ1) is 19.0. The van der Waals surface area contributed by atoms with Crippen molar-refractivity contribution < 1.29 is 18.0 Å². The molecule has 2 aromatic rings. The summed E-state index contributed by atoms with van der Waals surface area (Å²) in [7, 11) is -3.79. The number of benzene rings is 1. The Balaban J connectivity index is 1.70. The monoisotopic (exact) mass is 457 g/mol. The molecule has 7 nitrogen and oxygen atoms in total. The smallest absolute Gasteiger partial charge is 0.271 e. The zero-order valence-electron chi connectivity index (χ0n) is 13.5. The van der Waals surface area contributed by atoms with Crippen LogP contribution >= 0.6 is 27.3 Å². The molecule has 1 aliphatic heterocycles. The van der Waals surface area contributed by atoms with Crippen molar-refractivity contribution >= 4 is 49.1 Å². The molecule has 1 unspecified atom stereocenters. The van der Waals surface area contributed by atoms with E-state index in [1.807, 2.05) is 0 Å². The topological polar surface area (TPSA) is 95.6 Å². The Morgan fingerprint density at radius 2 is 1.88 bits per heavy atom. The van der Waals surface area contributed by atoms with Crippen LogP contribution < -0.4 is 10.9 Å². The summed E-state index contributed by atoms with van der Waals surface area (Å²) in [5.41, 5.74) is 4.66. The second-order valence-electron chi connectivity index (χ2n) is 5.65. The number of carbonyl (C=O) groups is 2. The quantitative estimate of drug-likeness (QED) is 0.687. The Morgan fingerprint density at radius 3 is 2.54 bits per heavy atom. The van der Waals surface area contributed by atoms with Crippen LogP contribution in [0, 0.1) is 0 Å². The Bertz CT molecular complexity index is 898. The summed E-state index contributed by atoms with van der Waals surface area (Å²) < 4.78 is 27.6. The predicted molar refractivity (Wildman–Crippen MR) is 101 cm³/mol. The molecule has 1 aliphatic rings. The van der Waals surface area contributed by atoms with Gasteiger partial charge in [-0.3, -0.25) is 20.4 Å². The van der Waals surface area contributed by atoms with Gasteiger partial charge in [-0.25, -0.2) is 8.42 Å². The number of carbonyl (C=O) groups excluding carboxylic acids is 2. The highest BCUT2D eigenvalue weighted by Gasteiger charge is 2.39. The molecule has 10 heteroatoms. The molecule has 0 saturated carbocycles. The van der Waals surface area contributed by atoms with Gasteiger partial charge in [0.05, 0.1) is 9.77 Å². The predicted octanol–water partition coefficient (Wildman–Crippen LogP) is 2.12. The molecule has 1 saturated heterocycles. The fourth-order valence-electron chi connectivity index (χ4n) is 2.70. The van der Waals surface area contributed by atoms with Gasteiger partial charge in [-0.1, -0.05) is 22.0 Å². The summed E-state index contributed by atoms with van der Waals surface area (Å²) in [4.78, 5) is 24.9. The molecular formula is C16H16BrN3O4S2. The lowest BCUT2D eigenvalue weighted by Gasteiger charge is -2.23. The van der Waals surface area contributed by atoms with Crippen molar-refractivity contribution in [1.82, 2.24) is 15.2 Å². The van der Waals surface area contributed by atoms with E-state index in [2.05, 4.69) is 26.8 Å². The summed E-state index contributed by atoms with van der Waals surface area (Å²) in [5, 5.41) is 1.75. The number of thiophene rings is 1. The fraction of sp³-hybridized carbons (Fsp3) is 0.250. The average Bonchev–Trinajstić information content (AvgIpc) is 3.31. The van der Waals surface area contributed by atoms with Gasteiger partial charge in [0.25, 0.3) is 11.8 Å². The summed E-state index contributed by atoms with van der Waals surface area (Å²) in [6.07, 6.45) is 0.975. The number of rotatable bonds is 4. The highest BCUT2D eigenvalue weighted by molar-refractivity contribution is 9.10. The number of amides is 2. The third-order valence-electron chi connectivity index (χ3n) is 3.97. The molecule has 26 heavy (non-hydrogen) atoms. The van der Waals surface area contributed by atoms with Crippen LogP contribution in [0.4, 0.5) is 0 Å². The van der Waals surface area contributed by atoms with Crippen LogP contribution in [-0.2, 0) is 14.8 Å². The van der Waals surface area contributed by atoms with Gasteiger partial charge in [-0.2, -0.15) is 4.31 Å². The van der Waals surface area contributed by atoms with Crippen molar-refractivity contribution in [1.29, 1.82) is 0 Å². The van der Waals surface area contributed by atoms with E-state index >= 15 is 0 Å². The van der Waals surface area contributed by atoms with Gasteiger partial charge in [0.15, 0.2) is 0 Å². The molecule has 2 amide bonds. The Kier molecular flexibility index (Phi) is 5.76. The molecule has 1 fully saturated rings. The lowest BCUT2D eigenvalue weighted by atomic mass is 10.2. The van der Waals surface area contributed by atoms with E-state index in [4.69, 9.17) is 0 Å². The summed E-state index contributed by atoms with van der Waals surface area (Å²) in [6, 6.07) is 8.76. The number of hydrogen-bond donors (Lipinski definition) is 2. The molecule has 1 aromatic heterocycles. The zero-order chi connectivity index (χ0) is 18.7. The first-order valence-corrected chi connectivity index (χ1v) is 10.9.